The van der Waals surface area contributed by atoms with E-state index < -0.39 is 10.4 Å². The van der Waals surface area contributed by atoms with Gasteiger partial charge in [-0.2, -0.15) is 4.57 Å². The zero-order valence-electron chi connectivity index (χ0n) is 13.2. The minimum Gasteiger partial charge on any atom is -0.726 e. The molecule has 0 N–H and O–H groups in total. The van der Waals surface area contributed by atoms with Gasteiger partial charge in [0, 0.05) is 11.6 Å². The third-order valence-corrected chi connectivity index (χ3v) is 5.82. The second-order valence-corrected chi connectivity index (χ2v) is 7.92. The van der Waals surface area contributed by atoms with Crippen molar-refractivity contribution in [3.63, 3.8) is 0 Å². The number of hydrogen-bond donors (Lipinski definition) is 0. The first-order valence-corrected chi connectivity index (χ1v) is 10.3. The first-order chi connectivity index (χ1) is 11.4. The quantitative estimate of drug-likeness (QED) is 0.300. The fraction of sp³-hybridized carbons (Fsp3) is 0.188. The molecule has 1 aromatic heterocycles. The van der Waals surface area contributed by atoms with Gasteiger partial charge in [0.1, 0.15) is 4.70 Å². The van der Waals surface area contributed by atoms with E-state index in [9.17, 15) is 13.0 Å². The molecule has 0 saturated carbocycles. The summed E-state index contributed by atoms with van der Waals surface area (Å²) in [4.78, 5) is 0. The Labute approximate surface area is 149 Å². The summed E-state index contributed by atoms with van der Waals surface area (Å²) in [5.41, 5.74) is 2.68. The summed E-state index contributed by atoms with van der Waals surface area (Å²) in [6.45, 7) is 0.945. The number of para-hydroxylation sites is 1. The SMILES string of the molecule is COS(=O)(=O)[O-].CSc1sc2ccccc2[n+]1Cc1ccccc1. The van der Waals surface area contributed by atoms with Crippen LogP contribution in [0, 0.1) is 0 Å². The molecule has 0 radical (unpaired) electrons. The molecule has 0 aliphatic carbocycles. The van der Waals surface area contributed by atoms with Crippen LogP contribution in [0.25, 0.3) is 10.2 Å². The number of thioether (sulfide) groups is 1. The van der Waals surface area contributed by atoms with Crippen LogP contribution in [0.5, 0.6) is 0 Å². The summed E-state index contributed by atoms with van der Waals surface area (Å²) in [5, 5.41) is 0. The highest BCUT2D eigenvalue weighted by molar-refractivity contribution is 8.00. The minimum absolute atomic E-state index is 0.808. The number of hydrogen-bond acceptors (Lipinski definition) is 6. The second kappa shape index (κ2) is 8.59. The zero-order valence-corrected chi connectivity index (χ0v) is 15.7. The van der Waals surface area contributed by atoms with Crippen LogP contribution in [0.3, 0.4) is 0 Å². The van der Waals surface area contributed by atoms with Crippen molar-refractivity contribution in [3.05, 3.63) is 60.2 Å². The topological polar surface area (TPSA) is 70.3 Å². The molecule has 0 aliphatic heterocycles. The zero-order chi connectivity index (χ0) is 17.6. The molecule has 0 bridgehead atoms. The molecule has 3 aromatic rings. The fourth-order valence-corrected chi connectivity index (χ4v) is 3.96. The van der Waals surface area contributed by atoms with Gasteiger partial charge in [-0.3, -0.25) is 4.18 Å². The first-order valence-electron chi connectivity index (χ1n) is 6.95. The standard InChI is InChI=1S/C15H14NS2.CH4O4S/c1-17-15-16(11-12-7-3-2-4-8-12)13-9-5-6-10-14(13)18-15;1-5-6(2,3)4/h2-10H,11H2,1H3;1H3,(H,2,3,4)/q+1;/p-1. The molecule has 8 heteroatoms. The summed E-state index contributed by atoms with van der Waals surface area (Å²) in [5.74, 6) is 0. The molecule has 2 aromatic carbocycles. The molecule has 1 heterocycles. The highest BCUT2D eigenvalue weighted by Gasteiger charge is 2.19. The van der Waals surface area contributed by atoms with Crippen molar-refractivity contribution < 1.29 is 21.7 Å². The number of benzene rings is 2. The van der Waals surface area contributed by atoms with Gasteiger partial charge in [-0.05, 0) is 24.1 Å². The van der Waals surface area contributed by atoms with E-state index in [0.29, 0.717) is 0 Å². The molecule has 0 saturated heterocycles. The number of rotatable bonds is 4. The van der Waals surface area contributed by atoms with Gasteiger partial charge in [-0.15, -0.1) is 0 Å². The maximum Gasteiger partial charge on any atom is 0.298 e. The van der Waals surface area contributed by atoms with Gasteiger partial charge in [-0.1, -0.05) is 53.8 Å². The van der Waals surface area contributed by atoms with Gasteiger partial charge >= 0.3 is 0 Å². The molecule has 0 spiro atoms. The Kier molecular flexibility index (Phi) is 6.76. The van der Waals surface area contributed by atoms with Crippen molar-refractivity contribution in [1.82, 2.24) is 0 Å². The first kappa shape index (κ1) is 18.9. The van der Waals surface area contributed by atoms with Crippen LogP contribution >= 0.6 is 23.1 Å². The van der Waals surface area contributed by atoms with Crippen LogP contribution < -0.4 is 4.57 Å². The van der Waals surface area contributed by atoms with Crippen LogP contribution in [-0.2, 0) is 21.1 Å². The third kappa shape index (κ3) is 5.29. The summed E-state index contributed by atoms with van der Waals surface area (Å²) >= 11 is 3.69. The molecule has 0 aliphatic rings. The van der Waals surface area contributed by atoms with E-state index in [1.165, 1.54) is 20.1 Å². The summed E-state index contributed by atoms with van der Waals surface area (Å²) in [6, 6.07) is 19.3. The predicted molar refractivity (Wildman–Crippen MR) is 96.1 cm³/mol. The Hall–Kier alpha value is -1.45. The smallest absolute Gasteiger partial charge is 0.298 e. The highest BCUT2D eigenvalue weighted by atomic mass is 32.3. The van der Waals surface area contributed by atoms with Crippen molar-refractivity contribution in [2.45, 2.75) is 10.9 Å². The maximum absolute atomic E-state index is 9.22. The summed E-state index contributed by atoms with van der Waals surface area (Å²) in [7, 11) is -3.60. The average molecular weight is 384 g/mol. The highest BCUT2D eigenvalue weighted by Crippen LogP contribution is 2.26. The molecular weight excluding hydrogens is 366 g/mol. The largest absolute Gasteiger partial charge is 0.726 e. The monoisotopic (exact) mass is 383 g/mol. The fourth-order valence-electron chi connectivity index (χ4n) is 2.08. The van der Waals surface area contributed by atoms with E-state index in [4.69, 9.17) is 0 Å². The lowest BCUT2D eigenvalue weighted by molar-refractivity contribution is -0.693. The van der Waals surface area contributed by atoms with Gasteiger partial charge in [0.05, 0.1) is 7.11 Å². The van der Waals surface area contributed by atoms with Crippen LogP contribution in [0.1, 0.15) is 5.56 Å². The Balaban J connectivity index is 0.000000301. The van der Waals surface area contributed by atoms with Crippen molar-refractivity contribution in [1.29, 1.82) is 0 Å². The molecule has 0 fully saturated rings. The maximum atomic E-state index is 9.22. The van der Waals surface area contributed by atoms with Crippen LogP contribution in [0.2, 0.25) is 0 Å². The lowest BCUT2D eigenvalue weighted by atomic mass is 10.2. The summed E-state index contributed by atoms with van der Waals surface area (Å²) in [6.07, 6.45) is 2.15. The predicted octanol–water partition coefficient (Wildman–Crippen LogP) is 3.05. The van der Waals surface area contributed by atoms with E-state index in [2.05, 4.69) is 69.6 Å². The van der Waals surface area contributed by atoms with E-state index in [1.807, 2.05) is 23.1 Å². The molecular formula is C16H17NO4S3. The van der Waals surface area contributed by atoms with Gasteiger partial charge < -0.3 is 4.55 Å². The van der Waals surface area contributed by atoms with Gasteiger partial charge in [0.2, 0.25) is 15.9 Å². The Morgan fingerprint density at radius 2 is 1.71 bits per heavy atom. The lowest BCUT2D eigenvalue weighted by Crippen LogP contribution is -2.34. The Morgan fingerprint density at radius 3 is 2.29 bits per heavy atom. The van der Waals surface area contributed by atoms with Crippen molar-refractivity contribution in [2.75, 3.05) is 13.4 Å². The lowest BCUT2D eigenvalue weighted by Gasteiger charge is -1.98. The van der Waals surface area contributed by atoms with Crippen LogP contribution in [-0.4, -0.2) is 26.3 Å². The van der Waals surface area contributed by atoms with E-state index in [0.717, 1.165) is 13.7 Å². The van der Waals surface area contributed by atoms with Gasteiger partial charge in [0.15, 0.2) is 6.54 Å². The second-order valence-electron chi connectivity index (χ2n) is 4.69. The molecule has 3 rings (SSSR count). The average Bonchev–Trinajstić information content (AvgIpc) is 2.94. The van der Waals surface area contributed by atoms with Crippen molar-refractivity contribution in [2.24, 2.45) is 0 Å². The van der Waals surface area contributed by atoms with Crippen molar-refractivity contribution >= 4 is 43.7 Å². The van der Waals surface area contributed by atoms with E-state index in [1.54, 1.807) is 0 Å². The van der Waals surface area contributed by atoms with Crippen molar-refractivity contribution in [3.8, 4) is 0 Å². The molecule has 0 atom stereocenters. The number of aromatic nitrogens is 1. The Morgan fingerprint density at radius 1 is 1.12 bits per heavy atom. The van der Waals surface area contributed by atoms with Gasteiger partial charge in [-0.25, -0.2) is 8.42 Å². The molecule has 24 heavy (non-hydrogen) atoms. The summed E-state index contributed by atoms with van der Waals surface area (Å²) < 4.78 is 36.1. The van der Waals surface area contributed by atoms with Crippen LogP contribution in [0.15, 0.2) is 58.9 Å². The molecule has 0 unspecified atom stereocenters. The normalized spacial score (nSPS) is 11.1. The minimum atomic E-state index is -4.41. The molecule has 5 nitrogen and oxygen atoms in total. The molecule has 128 valence electrons. The van der Waals surface area contributed by atoms with Crippen LogP contribution in [0.4, 0.5) is 0 Å². The van der Waals surface area contributed by atoms with E-state index >= 15 is 0 Å². The number of thiazole rings is 1. The van der Waals surface area contributed by atoms with Gasteiger partial charge in [0.25, 0.3) is 4.34 Å². The Bertz CT molecular complexity index is 892. The van der Waals surface area contributed by atoms with E-state index in [-0.39, 0.29) is 0 Å². The molecule has 0 amide bonds. The third-order valence-electron chi connectivity index (χ3n) is 3.14. The number of nitrogens with zero attached hydrogens (tertiary/aromatic N) is 1. The number of fused-ring (bicyclic) bond motifs is 1.